The molecule has 0 aliphatic rings. The van der Waals surface area contributed by atoms with Crippen LogP contribution in [0.3, 0.4) is 0 Å². The van der Waals surface area contributed by atoms with Crippen molar-refractivity contribution in [2.45, 2.75) is 5.32 Å². The van der Waals surface area contributed by atoms with E-state index < -0.39 is 0 Å². The Balaban J connectivity index is 2.38. The summed E-state index contributed by atoms with van der Waals surface area (Å²) in [5.74, 6) is 0. The Morgan fingerprint density at radius 2 is 2.78 bits per heavy atom. The summed E-state index contributed by atoms with van der Waals surface area (Å²) in [6.45, 7) is 3.60. The summed E-state index contributed by atoms with van der Waals surface area (Å²) in [7, 11) is 0. The molecule has 1 heterocycles. The van der Waals surface area contributed by atoms with Crippen LogP contribution in [0.15, 0.2) is 25.0 Å². The third-order valence-electron chi connectivity index (χ3n) is 0.694. The molecule has 1 aromatic heterocycles. The van der Waals surface area contributed by atoms with Gasteiger partial charge < -0.3 is 0 Å². The molecule has 0 aliphatic heterocycles. The van der Waals surface area contributed by atoms with Crippen molar-refractivity contribution in [2.24, 2.45) is 0 Å². The quantitative estimate of drug-likeness (QED) is 0.527. The number of aromatic amines is 1. The van der Waals surface area contributed by atoms with E-state index in [9.17, 15) is 0 Å². The molecule has 0 atom stereocenters. The van der Waals surface area contributed by atoms with Crippen LogP contribution in [0.1, 0.15) is 0 Å². The van der Waals surface area contributed by atoms with Crippen LogP contribution in [-0.2, 0) is 15.0 Å². The molecule has 9 heavy (non-hydrogen) atoms. The number of H-pyrrole nitrogens is 1. The van der Waals surface area contributed by atoms with E-state index in [0.717, 1.165) is 10.0 Å². The second kappa shape index (κ2) is 3.49. The van der Waals surface area contributed by atoms with E-state index >= 15 is 0 Å². The topological polar surface area (TPSA) is 28.7 Å². The second-order valence-corrected chi connectivity index (χ2v) is 2.53. The van der Waals surface area contributed by atoms with Crippen LogP contribution in [0.4, 0.5) is 0 Å². The Morgan fingerprint density at radius 1 is 1.89 bits per heavy atom. The molecule has 0 aliphatic carbocycles. The van der Waals surface area contributed by atoms with Crippen LogP contribution in [0.25, 0.3) is 0 Å². The third kappa shape index (κ3) is 2.04. The molecule has 3 heteroatoms. The second-order valence-electron chi connectivity index (χ2n) is 1.36. The fourth-order valence-electron chi connectivity index (χ4n) is 0.394. The Hall–Kier alpha value is -0.531. The Kier molecular flexibility index (Phi) is 2.55. The molecule has 53 valence electrons. The van der Waals surface area contributed by atoms with Gasteiger partial charge in [-0.25, -0.2) is 0 Å². The molecule has 0 spiro atoms. The van der Waals surface area contributed by atoms with E-state index in [1.54, 1.807) is 21.2 Å². The molecular weight excluding hydrogens is 164 g/mol. The molecule has 1 aromatic rings. The van der Waals surface area contributed by atoms with E-state index in [-0.39, 0.29) is 0 Å². The molecular formula is C6H8CuN2. The van der Waals surface area contributed by atoms with Crippen molar-refractivity contribution in [2.75, 3.05) is 0 Å². The third-order valence-corrected chi connectivity index (χ3v) is 1.73. The Morgan fingerprint density at radius 3 is 3.33 bits per heavy atom. The molecule has 0 fully saturated rings. The predicted octanol–water partition coefficient (Wildman–Crippen LogP) is 0.722. The summed E-state index contributed by atoms with van der Waals surface area (Å²) in [6.07, 6.45) is 5.40. The summed E-state index contributed by atoms with van der Waals surface area (Å²) in [4.78, 5) is 6.98. The first-order valence-corrected chi connectivity index (χ1v) is 3.67. The van der Waals surface area contributed by atoms with Gasteiger partial charge in [-0.1, -0.05) is 0 Å². The Labute approximate surface area is 60.5 Å². The molecule has 0 saturated heterocycles. The van der Waals surface area contributed by atoms with E-state index in [2.05, 4.69) is 16.5 Å². The van der Waals surface area contributed by atoms with Gasteiger partial charge in [-0.3, -0.25) is 0 Å². The molecule has 0 bridgehead atoms. The maximum absolute atomic E-state index is 4.01. The van der Waals surface area contributed by atoms with Crippen LogP contribution in [0.5, 0.6) is 0 Å². The number of nitrogens with one attached hydrogen (secondary N) is 1. The van der Waals surface area contributed by atoms with Crippen LogP contribution in [-0.4, -0.2) is 9.97 Å². The number of aromatic nitrogens is 2. The minimum absolute atomic E-state index is 0.900. The number of rotatable bonds is 3. The zero-order valence-corrected chi connectivity index (χ0v) is 5.84. The van der Waals surface area contributed by atoms with Crippen molar-refractivity contribution in [3.63, 3.8) is 0 Å². The first kappa shape index (κ1) is 6.59. The van der Waals surface area contributed by atoms with Crippen molar-refractivity contribution >= 4 is 4.72 Å². The van der Waals surface area contributed by atoms with Gasteiger partial charge in [-0.05, 0) is 0 Å². The SMILES string of the molecule is C=C[CH2][Cu][c]1ncc[nH]1. The Bertz CT molecular complexity index is 169. The van der Waals surface area contributed by atoms with Gasteiger partial charge in [-0.15, -0.1) is 0 Å². The van der Waals surface area contributed by atoms with Gasteiger partial charge in [0.25, 0.3) is 0 Å². The van der Waals surface area contributed by atoms with Crippen molar-refractivity contribution in [3.05, 3.63) is 25.0 Å². The summed E-state index contributed by atoms with van der Waals surface area (Å²) >= 11 is 1.73. The summed E-state index contributed by atoms with van der Waals surface area (Å²) in [6, 6.07) is 0. The van der Waals surface area contributed by atoms with Crippen LogP contribution >= 0.6 is 0 Å². The standard InChI is InChI=1S/C3H3N2.C3H5.Cu/c1-2-5-3-4-1;1-3-2;/h1-2H,(H,4,5);3H,1-2H2;. The number of hydrogen-bond donors (Lipinski definition) is 1. The van der Waals surface area contributed by atoms with E-state index in [0.29, 0.717) is 0 Å². The van der Waals surface area contributed by atoms with Crippen LogP contribution in [0, 0.1) is 0 Å². The number of imidazole rings is 1. The number of allylic oxidation sites excluding steroid dienone is 1. The molecule has 0 aromatic carbocycles. The number of hydrogen-bond acceptors (Lipinski definition) is 1. The molecule has 1 rings (SSSR count). The first-order valence-electron chi connectivity index (χ1n) is 2.53. The summed E-state index contributed by atoms with van der Waals surface area (Å²) < 4.78 is 0.943. The van der Waals surface area contributed by atoms with E-state index in [1.807, 2.05) is 12.3 Å². The molecule has 0 saturated carbocycles. The monoisotopic (exact) mass is 171 g/mol. The fraction of sp³-hybridized carbons (Fsp3) is 0.167. The van der Waals surface area contributed by atoms with Gasteiger partial charge >= 0.3 is 60.0 Å². The zero-order chi connectivity index (χ0) is 6.53. The minimum atomic E-state index is 0.900. The normalized spacial score (nSPS) is 9.78. The maximum atomic E-state index is 4.01. The van der Waals surface area contributed by atoms with Crippen LogP contribution in [0.2, 0.25) is 5.32 Å². The van der Waals surface area contributed by atoms with Gasteiger partial charge in [-0.2, -0.15) is 0 Å². The van der Waals surface area contributed by atoms with Crippen molar-refractivity contribution in [1.29, 1.82) is 0 Å². The molecule has 2 nitrogen and oxygen atoms in total. The van der Waals surface area contributed by atoms with Crippen molar-refractivity contribution in [3.8, 4) is 0 Å². The van der Waals surface area contributed by atoms with Gasteiger partial charge in [0.05, 0.1) is 0 Å². The number of nitrogens with zero attached hydrogens (tertiary/aromatic N) is 1. The first-order chi connectivity index (χ1) is 4.43. The predicted molar refractivity (Wildman–Crippen MR) is 33.2 cm³/mol. The zero-order valence-electron chi connectivity index (χ0n) is 4.89. The van der Waals surface area contributed by atoms with Gasteiger partial charge in [0.1, 0.15) is 0 Å². The van der Waals surface area contributed by atoms with Gasteiger partial charge in [0.15, 0.2) is 0 Å². The molecule has 0 unspecified atom stereocenters. The molecule has 0 amide bonds. The average Bonchev–Trinajstić information content (AvgIpc) is 2.34. The van der Waals surface area contributed by atoms with E-state index in [1.165, 1.54) is 0 Å². The molecule has 1 N–H and O–H groups in total. The van der Waals surface area contributed by atoms with Crippen LogP contribution < -0.4 is 4.72 Å². The van der Waals surface area contributed by atoms with Gasteiger partial charge in [0.2, 0.25) is 0 Å². The summed E-state index contributed by atoms with van der Waals surface area (Å²) in [5, 5.41) is 0.900. The molecule has 0 radical (unpaired) electrons. The average molecular weight is 172 g/mol. The van der Waals surface area contributed by atoms with E-state index in [4.69, 9.17) is 0 Å². The fourth-order valence-corrected chi connectivity index (χ4v) is 1.04. The van der Waals surface area contributed by atoms with Crippen molar-refractivity contribution in [1.82, 2.24) is 9.97 Å². The van der Waals surface area contributed by atoms with Gasteiger partial charge in [0, 0.05) is 0 Å². The van der Waals surface area contributed by atoms with Crippen molar-refractivity contribution < 1.29 is 15.0 Å². The summed E-state index contributed by atoms with van der Waals surface area (Å²) in [5.41, 5.74) is 0.